The Morgan fingerprint density at radius 3 is 2.39 bits per heavy atom. The predicted molar refractivity (Wildman–Crippen MR) is 128 cm³/mol. The van der Waals surface area contributed by atoms with Crippen LogP contribution in [0, 0.1) is 11.6 Å². The van der Waals surface area contributed by atoms with Crippen LogP contribution in [0.3, 0.4) is 0 Å². The maximum absolute atomic E-state index is 14.7. The molecule has 36 heavy (non-hydrogen) atoms. The molecule has 0 radical (unpaired) electrons. The number of alkyl halides is 3. The summed E-state index contributed by atoms with van der Waals surface area (Å²) >= 11 is 0. The first-order valence-electron chi connectivity index (χ1n) is 11.5. The monoisotopic (exact) mass is 531 g/mol. The van der Waals surface area contributed by atoms with Gasteiger partial charge in [-0.1, -0.05) is 19.1 Å². The number of halogens is 6. The summed E-state index contributed by atoms with van der Waals surface area (Å²) in [6.45, 7) is 2.99. The van der Waals surface area contributed by atoms with Gasteiger partial charge in [0.1, 0.15) is 17.4 Å². The van der Waals surface area contributed by atoms with Crippen molar-refractivity contribution >= 4 is 29.2 Å². The zero-order valence-electron chi connectivity index (χ0n) is 19.6. The number of ether oxygens (including phenoxy) is 1. The first-order chi connectivity index (χ1) is 16.6. The molecular formula is C25H27ClF5N3O2. The highest BCUT2D eigenvalue weighted by Crippen LogP contribution is 2.38. The summed E-state index contributed by atoms with van der Waals surface area (Å²) in [6.07, 6.45) is -2.08. The Kier molecular flexibility index (Phi) is 8.51. The van der Waals surface area contributed by atoms with Crippen LogP contribution < -0.4 is 10.5 Å². The third-order valence-corrected chi connectivity index (χ3v) is 6.37. The first-order valence-corrected chi connectivity index (χ1v) is 11.5. The normalized spacial score (nSPS) is 14.7. The van der Waals surface area contributed by atoms with Crippen molar-refractivity contribution in [1.82, 2.24) is 9.47 Å². The molecule has 2 N–H and O–H groups in total. The van der Waals surface area contributed by atoms with Crippen molar-refractivity contribution in [3.05, 3.63) is 64.9 Å². The van der Waals surface area contributed by atoms with Crippen LogP contribution in [0.4, 0.5) is 22.0 Å². The van der Waals surface area contributed by atoms with E-state index < -0.39 is 23.8 Å². The van der Waals surface area contributed by atoms with Crippen molar-refractivity contribution in [1.29, 1.82) is 0 Å². The number of hydrogen-bond acceptors (Lipinski definition) is 3. The van der Waals surface area contributed by atoms with Crippen molar-refractivity contribution in [3.8, 4) is 5.75 Å². The van der Waals surface area contributed by atoms with Crippen LogP contribution in [0.15, 0.2) is 36.5 Å². The van der Waals surface area contributed by atoms with E-state index in [1.807, 2.05) is 6.92 Å². The van der Waals surface area contributed by atoms with Gasteiger partial charge in [-0.25, -0.2) is 8.78 Å². The van der Waals surface area contributed by atoms with Crippen LogP contribution in [-0.4, -0.2) is 34.8 Å². The Morgan fingerprint density at radius 1 is 1.11 bits per heavy atom. The van der Waals surface area contributed by atoms with E-state index in [4.69, 9.17) is 5.73 Å². The topological polar surface area (TPSA) is 60.5 Å². The summed E-state index contributed by atoms with van der Waals surface area (Å²) in [7, 11) is 0. The summed E-state index contributed by atoms with van der Waals surface area (Å²) in [5.41, 5.74) is 6.86. The van der Waals surface area contributed by atoms with E-state index in [0.717, 1.165) is 17.7 Å². The van der Waals surface area contributed by atoms with Gasteiger partial charge in [0.2, 0.25) is 0 Å². The fraction of sp³-hybridized carbons (Fsp3) is 0.400. The third kappa shape index (κ3) is 5.59. The molecule has 0 aliphatic carbocycles. The number of piperidine rings is 1. The zero-order valence-corrected chi connectivity index (χ0v) is 20.4. The van der Waals surface area contributed by atoms with Gasteiger partial charge in [0.05, 0.1) is 16.5 Å². The molecule has 2 aromatic carbocycles. The molecule has 1 amide bonds. The highest BCUT2D eigenvalue weighted by atomic mass is 35.5. The standard InChI is InChI=1S/C25H26F5N3O2.ClH/c1-2-9-33-14-18(22-21(35-25(28,29)30)6-5-20(27)23(22)33)24(34)32-10-7-16(8-11-32)17-12-15(13-31)3-4-19(17)26;/h3-6,12,14,16H,2,7-11,13,31H2,1H3;1H. The van der Waals surface area contributed by atoms with Crippen molar-refractivity contribution in [2.75, 3.05) is 13.1 Å². The van der Waals surface area contributed by atoms with E-state index in [1.54, 1.807) is 12.1 Å². The molecule has 0 atom stereocenters. The van der Waals surface area contributed by atoms with Crippen molar-refractivity contribution < 1.29 is 31.5 Å². The number of rotatable bonds is 6. The Balaban J connectivity index is 0.00000361. The highest BCUT2D eigenvalue weighted by molar-refractivity contribution is 6.09. The van der Waals surface area contributed by atoms with Crippen molar-refractivity contribution in [2.45, 2.75) is 51.6 Å². The Bertz CT molecular complexity index is 1240. The van der Waals surface area contributed by atoms with Gasteiger partial charge < -0.3 is 19.9 Å². The number of fused-ring (bicyclic) bond motifs is 1. The number of likely N-dealkylation sites (tertiary alicyclic amines) is 1. The number of nitrogens with two attached hydrogens (primary N) is 1. The summed E-state index contributed by atoms with van der Waals surface area (Å²) in [4.78, 5) is 14.9. The Hall–Kier alpha value is -2.85. The number of amides is 1. The molecule has 0 bridgehead atoms. The molecular weight excluding hydrogens is 505 g/mol. The average Bonchev–Trinajstić information content (AvgIpc) is 3.21. The van der Waals surface area contributed by atoms with Crippen LogP contribution >= 0.6 is 12.4 Å². The van der Waals surface area contributed by atoms with Gasteiger partial charge in [-0.3, -0.25) is 4.79 Å². The van der Waals surface area contributed by atoms with Crippen LogP contribution in [-0.2, 0) is 13.1 Å². The second kappa shape index (κ2) is 11.0. The zero-order chi connectivity index (χ0) is 25.3. The van der Waals surface area contributed by atoms with E-state index in [1.165, 1.54) is 21.7 Å². The molecule has 1 aliphatic heterocycles. The van der Waals surface area contributed by atoms with Gasteiger partial charge in [-0.15, -0.1) is 25.6 Å². The van der Waals surface area contributed by atoms with E-state index in [0.29, 0.717) is 31.4 Å². The summed E-state index contributed by atoms with van der Waals surface area (Å²) in [5, 5.41) is -0.204. The van der Waals surface area contributed by atoms with Crippen LogP contribution in [0.2, 0.25) is 0 Å². The molecule has 11 heteroatoms. The number of aryl methyl sites for hydroxylation is 1. The Morgan fingerprint density at radius 2 is 1.78 bits per heavy atom. The first kappa shape index (κ1) is 27.7. The number of carbonyl (C=O) groups is 1. The van der Waals surface area contributed by atoms with Gasteiger partial charge in [0.15, 0.2) is 0 Å². The quantitative estimate of drug-likeness (QED) is 0.389. The van der Waals surface area contributed by atoms with Gasteiger partial charge >= 0.3 is 6.36 Å². The van der Waals surface area contributed by atoms with Crippen LogP contribution in [0.5, 0.6) is 5.75 Å². The minimum Gasteiger partial charge on any atom is -0.405 e. The fourth-order valence-electron chi connectivity index (χ4n) is 4.76. The molecule has 1 saturated heterocycles. The minimum atomic E-state index is -5.00. The van der Waals surface area contributed by atoms with E-state index >= 15 is 0 Å². The smallest absolute Gasteiger partial charge is 0.405 e. The maximum Gasteiger partial charge on any atom is 0.573 e. The number of hydrogen-bond donors (Lipinski definition) is 1. The summed E-state index contributed by atoms with van der Waals surface area (Å²) < 4.78 is 73.9. The number of aromatic nitrogens is 1. The number of benzene rings is 2. The lowest BCUT2D eigenvalue weighted by atomic mass is 9.88. The second-order valence-corrected chi connectivity index (χ2v) is 8.68. The molecule has 196 valence electrons. The van der Waals surface area contributed by atoms with Crippen LogP contribution in [0.1, 0.15) is 53.6 Å². The van der Waals surface area contributed by atoms with Crippen LogP contribution in [0.25, 0.3) is 10.9 Å². The SMILES string of the molecule is CCCn1cc(C(=O)N2CCC(c3cc(CN)ccc3F)CC2)c2c(OC(F)(F)F)ccc(F)c21.Cl. The molecule has 0 spiro atoms. The van der Waals surface area contributed by atoms with Crippen molar-refractivity contribution in [3.63, 3.8) is 0 Å². The molecule has 4 rings (SSSR count). The van der Waals surface area contributed by atoms with E-state index in [-0.39, 0.29) is 60.2 Å². The van der Waals surface area contributed by atoms with Crippen molar-refractivity contribution in [2.24, 2.45) is 5.73 Å². The highest BCUT2D eigenvalue weighted by Gasteiger charge is 2.35. The lowest BCUT2D eigenvalue weighted by Gasteiger charge is -2.32. The lowest BCUT2D eigenvalue weighted by Crippen LogP contribution is -2.38. The molecule has 1 aromatic heterocycles. The van der Waals surface area contributed by atoms with Gasteiger partial charge in [0, 0.05) is 32.4 Å². The number of nitrogens with zero attached hydrogens (tertiary/aromatic N) is 2. The number of carbonyl (C=O) groups excluding carboxylic acids is 1. The summed E-state index contributed by atoms with van der Waals surface area (Å²) in [5.74, 6) is -2.33. The molecule has 3 aromatic rings. The van der Waals surface area contributed by atoms with E-state index in [2.05, 4.69) is 4.74 Å². The van der Waals surface area contributed by atoms with E-state index in [9.17, 15) is 26.7 Å². The third-order valence-electron chi connectivity index (χ3n) is 6.37. The Labute approximate surface area is 211 Å². The second-order valence-electron chi connectivity index (χ2n) is 8.68. The molecule has 0 saturated carbocycles. The van der Waals surface area contributed by atoms with Gasteiger partial charge in [0.25, 0.3) is 5.91 Å². The fourth-order valence-corrected chi connectivity index (χ4v) is 4.76. The summed E-state index contributed by atoms with van der Waals surface area (Å²) in [6, 6.07) is 6.54. The minimum absolute atomic E-state index is 0. The van der Waals surface area contributed by atoms with Gasteiger partial charge in [-0.2, -0.15) is 0 Å². The molecule has 5 nitrogen and oxygen atoms in total. The molecule has 1 fully saturated rings. The largest absolute Gasteiger partial charge is 0.573 e. The molecule has 1 aliphatic rings. The predicted octanol–water partition coefficient (Wildman–Crippen LogP) is 6.13. The molecule has 0 unspecified atom stereocenters. The maximum atomic E-state index is 14.7. The average molecular weight is 532 g/mol. The van der Waals surface area contributed by atoms with Gasteiger partial charge in [-0.05, 0) is 54.5 Å². The molecule has 2 heterocycles. The lowest BCUT2D eigenvalue weighted by molar-refractivity contribution is -0.274.